The van der Waals surface area contributed by atoms with E-state index in [1.165, 1.54) is 13.3 Å². The van der Waals surface area contributed by atoms with Gasteiger partial charge in [-0.05, 0) is 31.4 Å². The summed E-state index contributed by atoms with van der Waals surface area (Å²) in [5, 5.41) is 13.1. The second kappa shape index (κ2) is 7.43. The molecular formula is C19H22FN5O4. The van der Waals surface area contributed by atoms with Crippen molar-refractivity contribution in [3.63, 3.8) is 0 Å². The molecule has 0 aromatic carbocycles. The van der Waals surface area contributed by atoms with Gasteiger partial charge in [-0.1, -0.05) is 5.16 Å². The Morgan fingerprint density at radius 3 is 2.86 bits per heavy atom. The van der Waals surface area contributed by atoms with Crippen LogP contribution in [0.25, 0.3) is 11.0 Å². The summed E-state index contributed by atoms with van der Waals surface area (Å²) in [5.41, 5.74) is 5.06. The Kier molecular flexibility index (Phi) is 4.95. The van der Waals surface area contributed by atoms with Gasteiger partial charge in [0.25, 0.3) is 0 Å². The fourth-order valence-electron chi connectivity index (χ4n) is 3.87. The van der Waals surface area contributed by atoms with Gasteiger partial charge in [-0.3, -0.25) is 4.79 Å². The maximum atomic E-state index is 15.0. The zero-order chi connectivity index (χ0) is 20.7. The van der Waals surface area contributed by atoms with Crippen LogP contribution in [0.3, 0.4) is 0 Å². The number of carboxylic acid groups (broad SMARTS) is 1. The van der Waals surface area contributed by atoms with Crippen molar-refractivity contribution < 1.29 is 19.1 Å². The fourth-order valence-corrected chi connectivity index (χ4v) is 3.87. The third-order valence-corrected chi connectivity index (χ3v) is 5.56. The molecule has 10 heteroatoms. The number of oxime groups is 1. The van der Waals surface area contributed by atoms with E-state index in [-0.39, 0.29) is 34.6 Å². The van der Waals surface area contributed by atoms with Crippen molar-refractivity contribution in [3.05, 3.63) is 33.9 Å². The molecule has 2 aliphatic rings. The van der Waals surface area contributed by atoms with Gasteiger partial charge in [-0.15, -0.1) is 0 Å². The first-order valence-electron chi connectivity index (χ1n) is 9.45. The third kappa shape index (κ3) is 3.44. The first-order chi connectivity index (χ1) is 13.9. The van der Waals surface area contributed by atoms with Crippen LogP contribution in [0.15, 0.2) is 22.2 Å². The summed E-state index contributed by atoms with van der Waals surface area (Å²) in [6.07, 6.45) is 4.70. The fraction of sp³-hybridized carbons (Fsp3) is 0.474. The molecule has 2 aromatic rings. The lowest BCUT2D eigenvalue weighted by Gasteiger charge is -2.20. The number of anilines is 1. The molecule has 1 saturated carbocycles. The summed E-state index contributed by atoms with van der Waals surface area (Å²) < 4.78 is 16.6. The molecule has 0 amide bonds. The number of fused-ring (bicyclic) bond motifs is 1. The Morgan fingerprint density at radius 2 is 2.24 bits per heavy atom. The van der Waals surface area contributed by atoms with Gasteiger partial charge in [0.1, 0.15) is 18.3 Å². The van der Waals surface area contributed by atoms with Gasteiger partial charge in [-0.25, -0.2) is 14.2 Å². The van der Waals surface area contributed by atoms with Gasteiger partial charge >= 0.3 is 5.97 Å². The number of nitrogens with two attached hydrogens (primary N) is 1. The summed E-state index contributed by atoms with van der Waals surface area (Å²) in [7, 11) is 1.45. The minimum atomic E-state index is -1.33. The van der Waals surface area contributed by atoms with Gasteiger partial charge in [0.2, 0.25) is 5.43 Å². The lowest BCUT2D eigenvalue weighted by atomic mass is 9.98. The highest BCUT2D eigenvalue weighted by Gasteiger charge is 2.34. The van der Waals surface area contributed by atoms with Crippen LogP contribution in [0.1, 0.15) is 29.2 Å². The second-order valence-corrected chi connectivity index (χ2v) is 7.48. The number of aromatic carboxylic acids is 1. The van der Waals surface area contributed by atoms with Crippen molar-refractivity contribution in [3.8, 4) is 0 Å². The predicted molar refractivity (Wildman–Crippen MR) is 105 cm³/mol. The largest absolute Gasteiger partial charge is 0.477 e. The third-order valence-electron chi connectivity index (χ3n) is 5.56. The highest BCUT2D eigenvalue weighted by Crippen LogP contribution is 2.37. The Morgan fingerprint density at radius 1 is 1.48 bits per heavy atom. The van der Waals surface area contributed by atoms with Crippen LogP contribution in [-0.2, 0) is 4.84 Å². The normalized spacial score (nSPS) is 22.0. The standard InChI is InChI=1S/C19H22FN5O4/c1-29-22-6-11-8-24(7-10(11)5-21)18-15(20)4-13-16(26)14(19(27)28)9-25(12-2-3-12)17(13)23-18/h4,6,9-12H,2-3,5,7-8,21H2,1H3,(H,27,28)/b22-6+. The number of carbonyl (C=O) groups is 1. The molecule has 29 heavy (non-hydrogen) atoms. The van der Waals surface area contributed by atoms with E-state index in [1.807, 2.05) is 0 Å². The zero-order valence-corrected chi connectivity index (χ0v) is 15.9. The van der Waals surface area contributed by atoms with Crippen LogP contribution in [-0.4, -0.2) is 53.6 Å². The molecule has 0 bridgehead atoms. The van der Waals surface area contributed by atoms with Gasteiger partial charge in [-0.2, -0.15) is 0 Å². The summed E-state index contributed by atoms with van der Waals surface area (Å²) in [6.45, 7) is 1.36. The van der Waals surface area contributed by atoms with Gasteiger partial charge in [0.15, 0.2) is 11.6 Å². The highest BCUT2D eigenvalue weighted by molar-refractivity contribution is 5.92. The SMILES string of the molecule is CO/N=C/C1CN(c2nc3c(cc2F)c(=O)c(C(=O)O)cn3C2CC2)CC1CN. The van der Waals surface area contributed by atoms with Crippen LogP contribution < -0.4 is 16.1 Å². The average molecular weight is 403 g/mol. The van der Waals surface area contributed by atoms with E-state index >= 15 is 0 Å². The Labute approximate surface area is 165 Å². The number of pyridine rings is 2. The van der Waals surface area contributed by atoms with Crippen LogP contribution in [0, 0.1) is 17.7 Å². The maximum absolute atomic E-state index is 15.0. The van der Waals surface area contributed by atoms with Gasteiger partial charge in [0, 0.05) is 37.5 Å². The van der Waals surface area contributed by atoms with E-state index in [0.29, 0.717) is 25.3 Å². The van der Waals surface area contributed by atoms with Crippen molar-refractivity contribution in [2.75, 3.05) is 31.6 Å². The molecule has 2 atom stereocenters. The van der Waals surface area contributed by atoms with Crippen molar-refractivity contribution in [2.45, 2.75) is 18.9 Å². The minimum absolute atomic E-state index is 0.0168. The van der Waals surface area contributed by atoms with Gasteiger partial charge in [0.05, 0.1) is 5.39 Å². The van der Waals surface area contributed by atoms with E-state index in [1.54, 1.807) is 15.7 Å². The maximum Gasteiger partial charge on any atom is 0.341 e. The molecule has 9 nitrogen and oxygen atoms in total. The molecule has 1 saturated heterocycles. The minimum Gasteiger partial charge on any atom is -0.477 e. The lowest BCUT2D eigenvalue weighted by molar-refractivity contribution is 0.0695. The molecule has 0 radical (unpaired) electrons. The lowest BCUT2D eigenvalue weighted by Crippen LogP contribution is -2.26. The number of carboxylic acids is 1. The summed E-state index contributed by atoms with van der Waals surface area (Å²) in [4.78, 5) is 35.0. The van der Waals surface area contributed by atoms with Crippen LogP contribution in [0.2, 0.25) is 0 Å². The Balaban J connectivity index is 1.81. The number of hydrogen-bond donors (Lipinski definition) is 2. The van der Waals surface area contributed by atoms with E-state index in [4.69, 9.17) is 10.6 Å². The summed E-state index contributed by atoms with van der Waals surface area (Å²) in [6, 6.07) is 1.17. The summed E-state index contributed by atoms with van der Waals surface area (Å²) in [5.74, 6) is -1.83. The number of halogens is 1. The quantitative estimate of drug-likeness (QED) is 0.549. The van der Waals surface area contributed by atoms with E-state index in [9.17, 15) is 19.1 Å². The molecule has 2 fully saturated rings. The first-order valence-corrected chi connectivity index (χ1v) is 9.45. The van der Waals surface area contributed by atoms with E-state index in [0.717, 1.165) is 18.9 Å². The molecule has 2 aromatic heterocycles. The monoisotopic (exact) mass is 403 g/mol. The highest BCUT2D eigenvalue weighted by atomic mass is 19.1. The second-order valence-electron chi connectivity index (χ2n) is 7.48. The zero-order valence-electron chi connectivity index (χ0n) is 15.9. The van der Waals surface area contributed by atoms with E-state index in [2.05, 4.69) is 10.1 Å². The summed E-state index contributed by atoms with van der Waals surface area (Å²) >= 11 is 0. The molecule has 3 N–H and O–H groups in total. The van der Waals surface area contributed by atoms with Crippen LogP contribution >= 0.6 is 0 Å². The van der Waals surface area contributed by atoms with Crippen molar-refractivity contribution in [1.82, 2.24) is 9.55 Å². The number of hydrogen-bond acceptors (Lipinski definition) is 7. The molecule has 3 heterocycles. The number of rotatable bonds is 6. The van der Waals surface area contributed by atoms with Crippen LogP contribution in [0.4, 0.5) is 10.2 Å². The molecule has 1 aliphatic heterocycles. The van der Waals surface area contributed by atoms with Crippen molar-refractivity contribution in [1.29, 1.82) is 0 Å². The Bertz CT molecular complexity index is 1050. The smallest absolute Gasteiger partial charge is 0.341 e. The number of nitrogens with zero attached hydrogens (tertiary/aromatic N) is 4. The Hall–Kier alpha value is -3.01. The van der Waals surface area contributed by atoms with E-state index < -0.39 is 17.2 Å². The molecule has 1 aliphatic carbocycles. The molecular weight excluding hydrogens is 381 g/mol. The molecule has 0 spiro atoms. The van der Waals surface area contributed by atoms with Crippen molar-refractivity contribution >= 4 is 29.0 Å². The number of aromatic nitrogens is 2. The molecule has 2 unspecified atom stereocenters. The molecule has 4 rings (SSSR count). The van der Waals surface area contributed by atoms with Crippen LogP contribution in [0.5, 0.6) is 0 Å². The topological polar surface area (TPSA) is 123 Å². The predicted octanol–water partition coefficient (Wildman–Crippen LogP) is 1.21. The van der Waals surface area contributed by atoms with Gasteiger partial charge < -0.3 is 25.1 Å². The van der Waals surface area contributed by atoms with Crippen molar-refractivity contribution in [2.24, 2.45) is 22.7 Å². The average Bonchev–Trinajstić information content (AvgIpc) is 3.46. The first kappa shape index (κ1) is 19.3. The molecule has 154 valence electrons.